The van der Waals surface area contributed by atoms with Crippen molar-refractivity contribution < 1.29 is 0 Å². The van der Waals surface area contributed by atoms with Crippen molar-refractivity contribution in [1.82, 2.24) is 5.32 Å². The van der Waals surface area contributed by atoms with Gasteiger partial charge in [0.2, 0.25) is 0 Å². The molecule has 0 bridgehead atoms. The molecule has 0 aromatic carbocycles. The summed E-state index contributed by atoms with van der Waals surface area (Å²) in [5.41, 5.74) is 0. The highest BCUT2D eigenvalue weighted by atomic mass is 15.0. The monoisotopic (exact) mass is 113 g/mol. The molecule has 8 heavy (non-hydrogen) atoms. The summed E-state index contributed by atoms with van der Waals surface area (Å²) in [5, 5.41) is 3.40. The van der Waals surface area contributed by atoms with Gasteiger partial charge in [0.15, 0.2) is 0 Å². The van der Waals surface area contributed by atoms with Gasteiger partial charge in [0.05, 0.1) is 0 Å². The van der Waals surface area contributed by atoms with E-state index in [9.17, 15) is 0 Å². The Morgan fingerprint density at radius 3 is 2.50 bits per heavy atom. The molecular formula is C7H15N. The average molecular weight is 113 g/mol. The first-order valence-electron chi connectivity index (χ1n) is 3.58. The van der Waals surface area contributed by atoms with Gasteiger partial charge in [0, 0.05) is 6.04 Å². The highest BCUT2D eigenvalue weighted by Gasteiger charge is 2.20. The van der Waals surface area contributed by atoms with E-state index in [1.54, 1.807) is 0 Å². The van der Waals surface area contributed by atoms with E-state index in [2.05, 4.69) is 19.2 Å². The van der Waals surface area contributed by atoms with Gasteiger partial charge in [0.25, 0.3) is 0 Å². The van der Waals surface area contributed by atoms with Gasteiger partial charge in [0.1, 0.15) is 0 Å². The lowest BCUT2D eigenvalue weighted by Gasteiger charge is -2.32. The molecule has 0 amide bonds. The third-order valence-electron chi connectivity index (χ3n) is 2.19. The molecule has 1 heteroatoms. The lowest BCUT2D eigenvalue weighted by Crippen LogP contribution is -2.46. The number of nitrogens with one attached hydrogen (secondary N) is 1. The van der Waals surface area contributed by atoms with E-state index < -0.39 is 0 Å². The molecule has 0 aromatic rings. The molecule has 1 N–H and O–H groups in total. The SMILES string of the molecule is CCC(C)C1CCN1. The topological polar surface area (TPSA) is 12.0 Å². The molecule has 0 aliphatic carbocycles. The first kappa shape index (κ1) is 6.09. The average Bonchev–Trinajstić information content (AvgIpc) is 1.62. The van der Waals surface area contributed by atoms with Crippen LogP contribution in [0.2, 0.25) is 0 Å². The third-order valence-corrected chi connectivity index (χ3v) is 2.19. The van der Waals surface area contributed by atoms with Crippen molar-refractivity contribution in [2.75, 3.05) is 6.54 Å². The summed E-state index contributed by atoms with van der Waals surface area (Å²) in [6, 6.07) is 0.847. The number of rotatable bonds is 2. The fourth-order valence-corrected chi connectivity index (χ4v) is 1.08. The van der Waals surface area contributed by atoms with Gasteiger partial charge >= 0.3 is 0 Å². The van der Waals surface area contributed by atoms with Crippen LogP contribution in [0.15, 0.2) is 0 Å². The van der Waals surface area contributed by atoms with Gasteiger partial charge in [-0.2, -0.15) is 0 Å². The summed E-state index contributed by atoms with van der Waals surface area (Å²) >= 11 is 0. The van der Waals surface area contributed by atoms with E-state index >= 15 is 0 Å². The van der Waals surface area contributed by atoms with E-state index in [1.165, 1.54) is 19.4 Å². The van der Waals surface area contributed by atoms with E-state index in [1.807, 2.05) is 0 Å². The zero-order chi connectivity index (χ0) is 5.98. The van der Waals surface area contributed by atoms with Crippen LogP contribution in [-0.4, -0.2) is 12.6 Å². The summed E-state index contributed by atoms with van der Waals surface area (Å²) < 4.78 is 0. The fraction of sp³-hybridized carbons (Fsp3) is 1.00. The molecule has 0 spiro atoms. The van der Waals surface area contributed by atoms with Gasteiger partial charge in [-0.3, -0.25) is 0 Å². The fourth-order valence-electron chi connectivity index (χ4n) is 1.08. The molecule has 48 valence electrons. The Balaban J connectivity index is 2.13. The molecular weight excluding hydrogens is 98.1 g/mol. The molecule has 1 aliphatic rings. The Kier molecular flexibility index (Phi) is 1.90. The van der Waals surface area contributed by atoms with E-state index in [-0.39, 0.29) is 0 Å². The normalized spacial score (nSPS) is 31.5. The molecule has 1 fully saturated rings. The van der Waals surface area contributed by atoms with Crippen molar-refractivity contribution in [1.29, 1.82) is 0 Å². The predicted molar refractivity (Wildman–Crippen MR) is 35.9 cm³/mol. The lowest BCUT2D eigenvalue weighted by atomic mass is 9.92. The maximum absolute atomic E-state index is 3.40. The van der Waals surface area contributed by atoms with Crippen LogP contribution in [0.4, 0.5) is 0 Å². The van der Waals surface area contributed by atoms with Crippen molar-refractivity contribution >= 4 is 0 Å². The lowest BCUT2D eigenvalue weighted by molar-refractivity contribution is 0.270. The predicted octanol–water partition coefficient (Wildman–Crippen LogP) is 1.39. The number of hydrogen-bond donors (Lipinski definition) is 1. The van der Waals surface area contributed by atoms with E-state index in [4.69, 9.17) is 0 Å². The third kappa shape index (κ3) is 1.03. The molecule has 1 saturated heterocycles. The summed E-state index contributed by atoms with van der Waals surface area (Å²) in [4.78, 5) is 0. The highest BCUT2D eigenvalue weighted by molar-refractivity contribution is 4.81. The van der Waals surface area contributed by atoms with Crippen molar-refractivity contribution in [3.63, 3.8) is 0 Å². The van der Waals surface area contributed by atoms with E-state index in [0.717, 1.165) is 12.0 Å². The second-order valence-electron chi connectivity index (χ2n) is 2.73. The Bertz CT molecular complexity index is 64.0. The maximum atomic E-state index is 3.40. The first-order valence-corrected chi connectivity index (χ1v) is 3.58. The van der Waals surface area contributed by atoms with Crippen LogP contribution in [-0.2, 0) is 0 Å². The molecule has 2 atom stereocenters. The second kappa shape index (κ2) is 2.49. The largest absolute Gasteiger partial charge is 0.314 e. The molecule has 1 heterocycles. The molecule has 0 radical (unpaired) electrons. The maximum Gasteiger partial charge on any atom is 0.0105 e. The van der Waals surface area contributed by atoms with Crippen molar-refractivity contribution in [3.8, 4) is 0 Å². The summed E-state index contributed by atoms with van der Waals surface area (Å²) in [5.74, 6) is 0.892. The van der Waals surface area contributed by atoms with E-state index in [0.29, 0.717) is 0 Å². The van der Waals surface area contributed by atoms with Gasteiger partial charge in [-0.05, 0) is 18.9 Å². The first-order chi connectivity index (χ1) is 3.84. The summed E-state index contributed by atoms with van der Waals surface area (Å²) in [7, 11) is 0. The molecule has 0 aromatic heterocycles. The van der Waals surface area contributed by atoms with Crippen LogP contribution in [0.1, 0.15) is 26.7 Å². The highest BCUT2D eigenvalue weighted by Crippen LogP contribution is 2.15. The second-order valence-corrected chi connectivity index (χ2v) is 2.73. The van der Waals surface area contributed by atoms with Crippen LogP contribution >= 0.6 is 0 Å². The number of hydrogen-bond acceptors (Lipinski definition) is 1. The molecule has 0 saturated carbocycles. The Labute approximate surface area is 51.5 Å². The summed E-state index contributed by atoms with van der Waals surface area (Å²) in [6.45, 7) is 5.82. The molecule has 1 aliphatic heterocycles. The van der Waals surface area contributed by atoms with Gasteiger partial charge in [-0.25, -0.2) is 0 Å². The standard InChI is InChI=1S/C7H15N/c1-3-6(2)7-4-5-8-7/h6-8H,3-5H2,1-2H3. The Morgan fingerprint density at radius 1 is 1.75 bits per heavy atom. The van der Waals surface area contributed by atoms with Crippen LogP contribution in [0.5, 0.6) is 0 Å². The molecule has 2 unspecified atom stereocenters. The van der Waals surface area contributed by atoms with Crippen LogP contribution in [0.25, 0.3) is 0 Å². The zero-order valence-corrected chi connectivity index (χ0v) is 5.78. The van der Waals surface area contributed by atoms with Gasteiger partial charge < -0.3 is 5.32 Å². The quantitative estimate of drug-likeness (QED) is 0.570. The van der Waals surface area contributed by atoms with Crippen molar-refractivity contribution in [3.05, 3.63) is 0 Å². The van der Waals surface area contributed by atoms with Crippen LogP contribution in [0, 0.1) is 5.92 Å². The minimum absolute atomic E-state index is 0.847. The summed E-state index contributed by atoms with van der Waals surface area (Å²) in [6.07, 6.45) is 2.71. The minimum Gasteiger partial charge on any atom is -0.314 e. The Morgan fingerprint density at radius 2 is 2.38 bits per heavy atom. The van der Waals surface area contributed by atoms with Crippen molar-refractivity contribution in [2.45, 2.75) is 32.7 Å². The van der Waals surface area contributed by atoms with Gasteiger partial charge in [-0.15, -0.1) is 0 Å². The Hall–Kier alpha value is -0.0400. The van der Waals surface area contributed by atoms with Gasteiger partial charge in [-0.1, -0.05) is 20.3 Å². The van der Waals surface area contributed by atoms with Crippen LogP contribution in [0.3, 0.4) is 0 Å². The minimum atomic E-state index is 0.847. The zero-order valence-electron chi connectivity index (χ0n) is 5.78. The molecule has 1 nitrogen and oxygen atoms in total. The van der Waals surface area contributed by atoms with Crippen LogP contribution < -0.4 is 5.32 Å². The molecule has 1 rings (SSSR count). The smallest absolute Gasteiger partial charge is 0.0105 e. The van der Waals surface area contributed by atoms with Crippen molar-refractivity contribution in [2.24, 2.45) is 5.92 Å².